The molecule has 7 nitrogen and oxygen atoms in total. The Balaban J connectivity index is 0.000000894. The van der Waals surface area contributed by atoms with Crippen molar-refractivity contribution in [1.29, 1.82) is 0 Å². The third-order valence-electron chi connectivity index (χ3n) is 8.68. The van der Waals surface area contributed by atoms with E-state index in [2.05, 4.69) is 30.1 Å². The number of carbonyl (C=O) groups is 1. The van der Waals surface area contributed by atoms with Crippen molar-refractivity contribution in [1.82, 2.24) is 5.32 Å². The lowest BCUT2D eigenvalue weighted by molar-refractivity contribution is -0.210. The third-order valence-corrected chi connectivity index (χ3v) is 8.68. The van der Waals surface area contributed by atoms with Crippen molar-refractivity contribution >= 4 is 30.2 Å². The summed E-state index contributed by atoms with van der Waals surface area (Å²) in [6, 6.07) is 13.3. The van der Waals surface area contributed by atoms with E-state index in [9.17, 15) is 9.90 Å². The second-order valence-electron chi connectivity index (χ2n) is 11.4. The number of phenolic OH excluding ortho intramolecular Hbond substituents is 1. The molecule has 2 aliphatic rings. The summed E-state index contributed by atoms with van der Waals surface area (Å²) in [6.45, 7) is 15.9. The van der Waals surface area contributed by atoms with Crippen LogP contribution in [-0.2, 0) is 9.78 Å². The van der Waals surface area contributed by atoms with E-state index in [1.807, 2.05) is 72.0 Å². The molecule has 0 aliphatic carbocycles. The second-order valence-corrected chi connectivity index (χ2v) is 11.4. The minimum atomic E-state index is 0.148. The Kier molecular flexibility index (Phi) is 21.1. The molecule has 1 fully saturated rings. The fourth-order valence-corrected chi connectivity index (χ4v) is 5.85. The van der Waals surface area contributed by atoms with Crippen LogP contribution in [0.4, 0.5) is 0 Å². The molecule has 2 aromatic carbocycles. The molecule has 9 heteroatoms. The molecule has 2 aromatic rings. The van der Waals surface area contributed by atoms with Crippen LogP contribution >= 0.6 is 0 Å². The first-order valence-electron chi connectivity index (χ1n) is 17.4. The summed E-state index contributed by atoms with van der Waals surface area (Å²) < 4.78 is 5.83. The number of ketones is 1. The summed E-state index contributed by atoms with van der Waals surface area (Å²) in [4.78, 5) is 22.2. The summed E-state index contributed by atoms with van der Waals surface area (Å²) in [5, 5.41) is 12.5. The molecule has 250 valence electrons. The summed E-state index contributed by atoms with van der Waals surface area (Å²) in [5.74, 6) is 9.85. The summed E-state index contributed by atoms with van der Waals surface area (Å²) in [6.07, 6.45) is 11.2. The molecule has 4 rings (SSSR count). The quantitative estimate of drug-likeness (QED) is 0.111. The predicted octanol–water partition coefficient (Wildman–Crippen LogP) is 8.01. The molecule has 0 saturated carbocycles. The maximum absolute atomic E-state index is 12.5. The molecule has 0 spiro atoms. The molecule has 1 unspecified atom stereocenters. The number of nitrogens with two attached hydrogens (primary N) is 1. The van der Waals surface area contributed by atoms with Crippen molar-refractivity contribution in [3.05, 3.63) is 54.0 Å². The third kappa shape index (κ3) is 13.6. The average Bonchev–Trinajstić information content (AvgIpc) is 3.47. The predicted molar refractivity (Wildman–Crippen MR) is 193 cm³/mol. The molecule has 0 bridgehead atoms. The highest BCUT2D eigenvalue weighted by atomic mass is 17.3. The SMILES string of the molecule is CC.CC.CCC(=O)C1=CB(CCCB2CCC(CCOc3ccc(O)cc3)CC2)c2c(OON)cccc21.CCC(C)NC. The molecule has 0 radical (unpaired) electrons. The van der Waals surface area contributed by atoms with Crippen LogP contribution in [0.2, 0.25) is 25.3 Å². The fraction of sp³-hybridized carbons (Fsp3) is 0.583. The number of carbonyl (C=O) groups excluding carboxylic acids is 1. The molecule has 4 N–H and O–H groups in total. The number of aromatic hydroxyl groups is 1. The molecular weight excluding hydrogens is 562 g/mol. The first kappa shape index (κ1) is 40.3. The van der Waals surface area contributed by atoms with E-state index >= 15 is 0 Å². The van der Waals surface area contributed by atoms with Crippen LogP contribution in [0.3, 0.4) is 0 Å². The number of nitrogens with one attached hydrogen (secondary N) is 1. The lowest BCUT2D eigenvalue weighted by atomic mass is 9.36. The van der Waals surface area contributed by atoms with Gasteiger partial charge in [-0.1, -0.05) is 109 Å². The summed E-state index contributed by atoms with van der Waals surface area (Å²) in [7, 11) is 1.98. The van der Waals surface area contributed by atoms with Crippen LogP contribution in [0.25, 0.3) is 5.57 Å². The number of fused-ring (bicyclic) bond motifs is 1. The molecule has 0 aromatic heterocycles. The van der Waals surface area contributed by atoms with E-state index in [1.54, 1.807) is 12.1 Å². The average molecular weight is 623 g/mol. The van der Waals surface area contributed by atoms with E-state index in [4.69, 9.17) is 15.5 Å². The van der Waals surface area contributed by atoms with Crippen molar-refractivity contribution in [3.8, 4) is 17.2 Å². The number of rotatable bonds is 14. The van der Waals surface area contributed by atoms with Gasteiger partial charge in [-0.15, -0.1) is 0 Å². The Labute approximate surface area is 274 Å². The lowest BCUT2D eigenvalue weighted by Gasteiger charge is -2.26. The van der Waals surface area contributed by atoms with Crippen LogP contribution in [0.1, 0.15) is 92.6 Å². The van der Waals surface area contributed by atoms with E-state index in [0.717, 1.165) is 60.7 Å². The number of allylic oxidation sites excluding steroid dienone is 1. The maximum atomic E-state index is 12.5. The van der Waals surface area contributed by atoms with Gasteiger partial charge in [0.15, 0.2) is 11.5 Å². The summed E-state index contributed by atoms with van der Waals surface area (Å²) in [5.41, 5.74) is 2.77. The maximum Gasteiger partial charge on any atom is 0.207 e. The van der Waals surface area contributed by atoms with Gasteiger partial charge in [0.2, 0.25) is 6.71 Å². The first-order chi connectivity index (χ1) is 21.9. The Morgan fingerprint density at radius 2 is 1.71 bits per heavy atom. The van der Waals surface area contributed by atoms with Crippen LogP contribution in [-0.4, -0.2) is 44.0 Å². The zero-order chi connectivity index (χ0) is 33.6. The second kappa shape index (κ2) is 23.6. The molecule has 1 atom stereocenters. The number of hydrogen-bond acceptors (Lipinski definition) is 7. The number of Topliss-reactive ketones (excluding diaryl/α,β-unsaturated/α-hetero) is 1. The van der Waals surface area contributed by atoms with Gasteiger partial charge in [-0.25, -0.2) is 0 Å². The van der Waals surface area contributed by atoms with E-state index in [-0.39, 0.29) is 18.2 Å². The molecule has 45 heavy (non-hydrogen) atoms. The van der Waals surface area contributed by atoms with Crippen LogP contribution in [0.5, 0.6) is 17.2 Å². The van der Waals surface area contributed by atoms with Crippen LogP contribution < -0.4 is 26.3 Å². The fourth-order valence-electron chi connectivity index (χ4n) is 5.85. The smallest absolute Gasteiger partial charge is 0.207 e. The minimum Gasteiger partial charge on any atom is -0.508 e. The molecule has 2 aliphatic heterocycles. The van der Waals surface area contributed by atoms with Crippen molar-refractivity contribution in [3.63, 3.8) is 0 Å². The Morgan fingerprint density at radius 3 is 2.27 bits per heavy atom. The van der Waals surface area contributed by atoms with Gasteiger partial charge in [-0.2, -0.15) is 5.90 Å². The van der Waals surface area contributed by atoms with Gasteiger partial charge < -0.3 is 20.0 Å². The Morgan fingerprint density at radius 1 is 1.04 bits per heavy atom. The molecule has 0 amide bonds. The van der Waals surface area contributed by atoms with Gasteiger partial charge in [0, 0.05) is 18.0 Å². The number of hydrogen-bond donors (Lipinski definition) is 3. The highest BCUT2D eigenvalue weighted by molar-refractivity contribution is 6.83. The van der Waals surface area contributed by atoms with Gasteiger partial charge >= 0.3 is 0 Å². The van der Waals surface area contributed by atoms with E-state index < -0.39 is 0 Å². The molecular formula is C36H60B2N2O5. The lowest BCUT2D eigenvalue weighted by Crippen LogP contribution is -2.30. The van der Waals surface area contributed by atoms with Crippen molar-refractivity contribution < 1.29 is 24.5 Å². The monoisotopic (exact) mass is 622 g/mol. The molecule has 2 heterocycles. The largest absolute Gasteiger partial charge is 0.508 e. The van der Waals surface area contributed by atoms with Crippen LogP contribution in [0.15, 0.2) is 48.4 Å². The van der Waals surface area contributed by atoms with E-state index in [1.165, 1.54) is 38.2 Å². The van der Waals surface area contributed by atoms with Gasteiger partial charge in [-0.3, -0.25) is 4.79 Å². The Bertz CT molecular complexity index is 1100. The zero-order valence-corrected chi connectivity index (χ0v) is 29.4. The van der Waals surface area contributed by atoms with Crippen molar-refractivity contribution in [2.75, 3.05) is 13.7 Å². The number of ether oxygens (including phenoxy) is 1. The van der Waals surface area contributed by atoms with Crippen molar-refractivity contribution in [2.45, 2.75) is 118 Å². The van der Waals surface area contributed by atoms with Gasteiger partial charge in [0.1, 0.15) is 18.2 Å². The zero-order valence-electron chi connectivity index (χ0n) is 29.4. The number of benzene rings is 2. The highest BCUT2D eigenvalue weighted by Gasteiger charge is 2.32. The van der Waals surface area contributed by atoms with Gasteiger partial charge in [-0.05, 0) is 74.1 Å². The topological polar surface area (TPSA) is 103 Å². The standard InChI is InChI=1S/C27H35B2NO5.C5H13N.2C2H6/c1-2-25(32)24-19-29(27-23(24)5-3-6-26(27)34-35-30)15-4-14-28-16-11-20(12-17-28)13-18-33-22-9-7-21(31)8-10-22;1-4-5(2)6-3;2*1-2/h3,5-10,19-20,31H,2,4,11-18,30H2,1H3;5-6H,4H2,1-3H3;2*1-2H3. The van der Waals surface area contributed by atoms with Crippen molar-refractivity contribution in [2.24, 2.45) is 11.8 Å². The summed E-state index contributed by atoms with van der Waals surface area (Å²) >= 11 is 0. The van der Waals surface area contributed by atoms with E-state index in [0.29, 0.717) is 18.2 Å². The normalized spacial score (nSPS) is 14.4. The van der Waals surface area contributed by atoms with Gasteiger partial charge in [0.05, 0.1) is 6.61 Å². The molecule has 1 saturated heterocycles. The van der Waals surface area contributed by atoms with Crippen LogP contribution in [0, 0.1) is 5.92 Å². The first-order valence-corrected chi connectivity index (χ1v) is 17.4. The minimum absolute atomic E-state index is 0.148. The highest BCUT2D eigenvalue weighted by Crippen LogP contribution is 2.32. The van der Waals surface area contributed by atoms with Gasteiger partial charge in [0.25, 0.3) is 0 Å². The number of phenols is 1. The Hall–Kier alpha value is -2.74.